The lowest BCUT2D eigenvalue weighted by molar-refractivity contribution is -0.243. The van der Waals surface area contributed by atoms with Crippen LogP contribution in [0.1, 0.15) is 69.8 Å². The molecule has 30 heavy (non-hydrogen) atoms. The van der Waals surface area contributed by atoms with Gasteiger partial charge in [-0.2, -0.15) is 0 Å². The van der Waals surface area contributed by atoms with Crippen molar-refractivity contribution in [1.82, 2.24) is 9.78 Å². The van der Waals surface area contributed by atoms with Crippen molar-refractivity contribution in [3.8, 4) is 11.6 Å². The van der Waals surface area contributed by atoms with Crippen molar-refractivity contribution >= 4 is 0 Å². The molecule has 0 aliphatic carbocycles. The first-order chi connectivity index (χ1) is 14.3. The fraction of sp³-hybridized carbons (Fsp3) is 0.609. The number of aliphatic hydroxyl groups excluding tert-OH is 2. The van der Waals surface area contributed by atoms with Crippen LogP contribution in [0, 0.1) is 6.92 Å². The number of ether oxygens (including phenoxy) is 3. The van der Waals surface area contributed by atoms with E-state index in [2.05, 4.69) is 44.9 Å². The van der Waals surface area contributed by atoms with Crippen molar-refractivity contribution in [2.75, 3.05) is 0 Å². The zero-order chi connectivity index (χ0) is 21.8. The molecule has 0 saturated carbocycles. The van der Waals surface area contributed by atoms with Crippen molar-refractivity contribution < 1.29 is 24.4 Å². The Bertz CT molecular complexity index is 808. The standard InChI is InChI=1S/C23H34N2O5/c1-6-15(4)28-19-9-7-17(8-10-19)11-20-16(5)25(14(2)3)24-23(20)30-22-13-18(26)12-21(27)29-22/h7-10,14-15,18,21-22,26-27H,6,11-13H2,1-5H3/t15?,18-,21-,22-/m0/s1. The van der Waals surface area contributed by atoms with Gasteiger partial charge in [-0.25, -0.2) is 0 Å². The molecule has 7 nitrogen and oxygen atoms in total. The molecule has 0 radical (unpaired) electrons. The summed E-state index contributed by atoms with van der Waals surface area (Å²) in [5, 5.41) is 24.4. The Balaban J connectivity index is 1.80. The maximum atomic E-state index is 9.93. The lowest BCUT2D eigenvalue weighted by Gasteiger charge is -2.29. The number of benzene rings is 1. The first-order valence-corrected chi connectivity index (χ1v) is 10.8. The molecule has 2 N–H and O–H groups in total. The highest BCUT2D eigenvalue weighted by Gasteiger charge is 2.30. The number of aromatic nitrogens is 2. The molecule has 1 saturated heterocycles. The van der Waals surface area contributed by atoms with Gasteiger partial charge in [0.25, 0.3) is 0 Å². The molecule has 1 unspecified atom stereocenters. The molecule has 1 aromatic carbocycles. The summed E-state index contributed by atoms with van der Waals surface area (Å²) in [7, 11) is 0. The number of aliphatic hydroxyl groups is 2. The molecule has 3 rings (SSSR count). The van der Waals surface area contributed by atoms with Gasteiger partial charge >= 0.3 is 0 Å². The second kappa shape index (κ2) is 9.81. The monoisotopic (exact) mass is 418 g/mol. The Labute approximate surface area is 178 Å². The van der Waals surface area contributed by atoms with E-state index < -0.39 is 18.7 Å². The summed E-state index contributed by atoms with van der Waals surface area (Å²) in [6.07, 6.45) is -0.143. The van der Waals surface area contributed by atoms with Crippen LogP contribution in [0.25, 0.3) is 0 Å². The van der Waals surface area contributed by atoms with Crippen molar-refractivity contribution in [3.05, 3.63) is 41.1 Å². The minimum absolute atomic E-state index is 0.177. The van der Waals surface area contributed by atoms with Gasteiger partial charge in [0.15, 0.2) is 6.29 Å². The highest BCUT2D eigenvalue weighted by Crippen LogP contribution is 2.30. The van der Waals surface area contributed by atoms with Crippen LogP contribution in [-0.4, -0.2) is 44.8 Å². The molecular formula is C23H34N2O5. The Morgan fingerprint density at radius 1 is 1.17 bits per heavy atom. The van der Waals surface area contributed by atoms with Gasteiger partial charge in [0.1, 0.15) is 5.75 Å². The third-order valence-electron chi connectivity index (χ3n) is 5.43. The lowest BCUT2D eigenvalue weighted by atomic mass is 10.0. The Morgan fingerprint density at radius 2 is 1.87 bits per heavy atom. The maximum absolute atomic E-state index is 9.93. The normalized spacial score (nSPS) is 22.9. The highest BCUT2D eigenvalue weighted by molar-refractivity contribution is 5.38. The van der Waals surface area contributed by atoms with Crippen molar-refractivity contribution in [3.63, 3.8) is 0 Å². The van der Waals surface area contributed by atoms with Crippen LogP contribution < -0.4 is 9.47 Å². The van der Waals surface area contributed by atoms with Gasteiger partial charge in [0.2, 0.25) is 12.2 Å². The average Bonchev–Trinajstić information content (AvgIpc) is 2.98. The summed E-state index contributed by atoms with van der Waals surface area (Å²) in [4.78, 5) is 0. The summed E-state index contributed by atoms with van der Waals surface area (Å²) >= 11 is 0. The number of hydrogen-bond acceptors (Lipinski definition) is 6. The molecule has 0 amide bonds. The largest absolute Gasteiger partial charge is 0.491 e. The molecule has 0 bridgehead atoms. The second-order valence-corrected chi connectivity index (χ2v) is 8.33. The summed E-state index contributed by atoms with van der Waals surface area (Å²) in [5.41, 5.74) is 3.11. The van der Waals surface area contributed by atoms with Crippen molar-refractivity contribution in [1.29, 1.82) is 0 Å². The van der Waals surface area contributed by atoms with Gasteiger partial charge in [0.05, 0.1) is 12.2 Å². The lowest BCUT2D eigenvalue weighted by Crippen LogP contribution is -2.38. The summed E-state index contributed by atoms with van der Waals surface area (Å²) in [6, 6.07) is 8.26. The van der Waals surface area contributed by atoms with E-state index in [4.69, 9.17) is 14.2 Å². The van der Waals surface area contributed by atoms with Crippen molar-refractivity contribution in [2.45, 2.75) is 91.1 Å². The van der Waals surface area contributed by atoms with E-state index in [0.717, 1.165) is 29.0 Å². The predicted molar refractivity (Wildman–Crippen MR) is 114 cm³/mol. The average molecular weight is 419 g/mol. The van der Waals surface area contributed by atoms with Crippen molar-refractivity contribution in [2.24, 2.45) is 0 Å². The third-order valence-corrected chi connectivity index (χ3v) is 5.43. The van der Waals surface area contributed by atoms with Gasteiger partial charge in [0, 0.05) is 36.6 Å². The van der Waals surface area contributed by atoms with Crippen LogP contribution in [0.15, 0.2) is 24.3 Å². The summed E-state index contributed by atoms with van der Waals surface area (Å²) < 4.78 is 19.2. The van der Waals surface area contributed by atoms with Crippen LogP contribution in [0.2, 0.25) is 0 Å². The zero-order valence-electron chi connectivity index (χ0n) is 18.5. The van der Waals surface area contributed by atoms with Gasteiger partial charge in [-0.1, -0.05) is 19.1 Å². The SMILES string of the molecule is CCC(C)Oc1ccc(Cc2c(O[C@H]3C[C@@H](O)C[C@@H](O)O3)nn(C(C)C)c2C)cc1. The van der Waals surface area contributed by atoms with Crippen LogP contribution in [-0.2, 0) is 11.2 Å². The molecule has 7 heteroatoms. The molecule has 2 heterocycles. The predicted octanol–water partition coefficient (Wildman–Crippen LogP) is 3.74. The molecule has 1 fully saturated rings. The Morgan fingerprint density at radius 3 is 2.47 bits per heavy atom. The zero-order valence-corrected chi connectivity index (χ0v) is 18.5. The molecule has 166 valence electrons. The van der Waals surface area contributed by atoms with E-state index >= 15 is 0 Å². The van der Waals surface area contributed by atoms with Gasteiger partial charge in [-0.3, -0.25) is 4.68 Å². The first-order valence-electron chi connectivity index (χ1n) is 10.8. The molecule has 1 aliphatic rings. The first kappa shape index (κ1) is 22.6. The van der Waals surface area contributed by atoms with E-state index in [1.165, 1.54) is 0 Å². The van der Waals surface area contributed by atoms with E-state index in [1.54, 1.807) is 0 Å². The van der Waals surface area contributed by atoms with E-state index in [1.807, 2.05) is 23.7 Å². The van der Waals surface area contributed by atoms with E-state index in [-0.39, 0.29) is 18.6 Å². The van der Waals surface area contributed by atoms with Crippen LogP contribution in [0.4, 0.5) is 0 Å². The van der Waals surface area contributed by atoms with Crippen LogP contribution in [0.5, 0.6) is 11.6 Å². The van der Waals surface area contributed by atoms with Gasteiger partial charge < -0.3 is 24.4 Å². The topological polar surface area (TPSA) is 86.0 Å². The Hall–Kier alpha value is -2.09. The minimum atomic E-state index is -1.03. The maximum Gasteiger partial charge on any atom is 0.238 e. The molecule has 4 atom stereocenters. The number of rotatable bonds is 8. The second-order valence-electron chi connectivity index (χ2n) is 8.33. The van der Waals surface area contributed by atoms with E-state index in [0.29, 0.717) is 18.7 Å². The quantitative estimate of drug-likeness (QED) is 0.679. The molecule has 1 aliphatic heterocycles. The molecule has 0 spiro atoms. The third kappa shape index (κ3) is 5.53. The van der Waals surface area contributed by atoms with Crippen LogP contribution in [0.3, 0.4) is 0 Å². The fourth-order valence-corrected chi connectivity index (χ4v) is 3.57. The number of nitrogens with zero attached hydrogens (tertiary/aromatic N) is 2. The van der Waals surface area contributed by atoms with E-state index in [9.17, 15) is 10.2 Å². The highest BCUT2D eigenvalue weighted by atomic mass is 16.7. The molecule has 1 aromatic heterocycles. The number of hydrogen-bond donors (Lipinski definition) is 2. The Kier molecular flexibility index (Phi) is 7.39. The molecular weight excluding hydrogens is 384 g/mol. The van der Waals surface area contributed by atoms with Gasteiger partial charge in [-0.05, 0) is 51.8 Å². The summed E-state index contributed by atoms with van der Waals surface area (Å²) in [6.45, 7) is 10.3. The summed E-state index contributed by atoms with van der Waals surface area (Å²) in [5.74, 6) is 1.34. The van der Waals surface area contributed by atoms with Gasteiger partial charge in [-0.15, -0.1) is 5.10 Å². The fourth-order valence-electron chi connectivity index (χ4n) is 3.57. The smallest absolute Gasteiger partial charge is 0.238 e. The minimum Gasteiger partial charge on any atom is -0.491 e. The molecule has 2 aromatic rings. The van der Waals surface area contributed by atoms with Crippen LogP contribution >= 0.6 is 0 Å².